The second-order valence-electron chi connectivity index (χ2n) is 8.04. The molecule has 4 atom stereocenters. The first-order chi connectivity index (χ1) is 12.5. The molecule has 0 aromatic carbocycles. The molecule has 0 saturated carbocycles. The smallest absolute Gasteiger partial charge is 0.407 e. The van der Waals surface area contributed by atoms with Gasteiger partial charge < -0.3 is 30.5 Å². The lowest BCUT2D eigenvalue weighted by molar-refractivity contribution is 0.0510. The minimum Gasteiger partial charge on any atom is -0.444 e. The highest BCUT2D eigenvalue weighted by Crippen LogP contribution is 2.14. The molecule has 0 aliphatic rings. The van der Waals surface area contributed by atoms with Crippen LogP contribution in [0, 0.1) is 0 Å². The lowest BCUT2D eigenvalue weighted by atomic mass is 10.00. The van der Waals surface area contributed by atoms with Crippen LogP contribution < -0.4 is 5.32 Å². The van der Waals surface area contributed by atoms with Crippen LogP contribution in [-0.2, 0) is 4.74 Å². The number of hydrogen-bond donors (Lipinski definition) is 5. The van der Waals surface area contributed by atoms with Gasteiger partial charge in [-0.1, -0.05) is 15.9 Å². The van der Waals surface area contributed by atoms with Gasteiger partial charge in [0, 0.05) is 11.9 Å². The van der Waals surface area contributed by atoms with Crippen molar-refractivity contribution in [2.24, 2.45) is 0 Å². The lowest BCUT2D eigenvalue weighted by Crippen LogP contribution is -2.34. The average Bonchev–Trinajstić information content (AvgIpc) is 2.54. The third-order valence-corrected chi connectivity index (χ3v) is 4.55. The second-order valence-corrected chi connectivity index (χ2v) is 8.84. The zero-order chi connectivity index (χ0) is 20.9. The molecule has 0 heterocycles. The van der Waals surface area contributed by atoms with E-state index >= 15 is 0 Å². The molecule has 8 heteroatoms. The Kier molecular flexibility index (Phi) is 14.3. The van der Waals surface area contributed by atoms with Gasteiger partial charge >= 0.3 is 6.09 Å². The molecule has 0 bridgehead atoms. The normalized spacial score (nSPS) is 16.4. The van der Waals surface area contributed by atoms with Gasteiger partial charge in [0.15, 0.2) is 0 Å². The Morgan fingerprint density at radius 2 is 1.19 bits per heavy atom. The van der Waals surface area contributed by atoms with Gasteiger partial charge in [-0.05, 0) is 72.1 Å². The van der Waals surface area contributed by atoms with Crippen LogP contribution in [0.5, 0.6) is 0 Å². The molecule has 0 saturated heterocycles. The van der Waals surface area contributed by atoms with Crippen LogP contribution in [0.15, 0.2) is 0 Å². The number of hydrogen-bond acceptors (Lipinski definition) is 6. The number of aliphatic hydroxyl groups excluding tert-OH is 4. The summed E-state index contributed by atoms with van der Waals surface area (Å²) < 4.78 is 5.11. The number of ether oxygens (including phenoxy) is 1. The maximum atomic E-state index is 11.5. The number of alkyl carbamates (subject to hydrolysis) is 1. The van der Waals surface area contributed by atoms with Crippen molar-refractivity contribution in [1.82, 2.24) is 5.32 Å². The highest BCUT2D eigenvalue weighted by Gasteiger charge is 2.17. The van der Waals surface area contributed by atoms with Gasteiger partial charge in [-0.25, -0.2) is 4.79 Å². The predicted octanol–water partition coefficient (Wildman–Crippen LogP) is 2.47. The fourth-order valence-corrected chi connectivity index (χ4v) is 3.04. The molecule has 0 rings (SSSR count). The molecule has 0 aliphatic carbocycles. The number of carbonyl (C=O) groups excluding carboxylic acids is 1. The summed E-state index contributed by atoms with van der Waals surface area (Å²) in [7, 11) is 0. The van der Waals surface area contributed by atoms with Crippen LogP contribution in [0.2, 0.25) is 0 Å². The van der Waals surface area contributed by atoms with Gasteiger partial charge in [0.1, 0.15) is 5.60 Å². The Balaban J connectivity index is 3.76. The molecule has 0 fully saturated rings. The Hall–Kier alpha value is -0.410. The second kappa shape index (κ2) is 14.6. The van der Waals surface area contributed by atoms with Crippen LogP contribution in [0.1, 0.15) is 72.1 Å². The first kappa shape index (κ1) is 26.6. The first-order valence-corrected chi connectivity index (χ1v) is 10.9. The van der Waals surface area contributed by atoms with E-state index < -0.39 is 36.1 Å². The summed E-state index contributed by atoms with van der Waals surface area (Å²) in [5.74, 6) is 0. The summed E-state index contributed by atoms with van der Waals surface area (Å²) in [6.45, 7) is 5.66. The number of nitrogens with one attached hydrogen (secondary N) is 1. The highest BCUT2D eigenvalue weighted by atomic mass is 79.9. The molecule has 0 aromatic heterocycles. The number of carbonyl (C=O) groups is 1. The quantitative estimate of drug-likeness (QED) is 0.256. The number of alkyl halides is 1. The molecule has 0 radical (unpaired) electrons. The van der Waals surface area contributed by atoms with Crippen molar-refractivity contribution in [3.05, 3.63) is 0 Å². The van der Waals surface area contributed by atoms with Gasteiger partial charge in [0.25, 0.3) is 0 Å². The van der Waals surface area contributed by atoms with Gasteiger partial charge in [0.2, 0.25) is 0 Å². The molecule has 0 aromatic rings. The van der Waals surface area contributed by atoms with Crippen molar-refractivity contribution < 1.29 is 30.0 Å². The van der Waals surface area contributed by atoms with Crippen LogP contribution >= 0.6 is 15.9 Å². The summed E-state index contributed by atoms with van der Waals surface area (Å²) in [5, 5.41) is 42.8. The summed E-state index contributed by atoms with van der Waals surface area (Å²) in [5.41, 5.74) is -0.552. The van der Waals surface area contributed by atoms with E-state index in [0.717, 1.165) is 5.33 Å². The Morgan fingerprint density at radius 3 is 1.56 bits per heavy atom. The van der Waals surface area contributed by atoms with E-state index in [9.17, 15) is 25.2 Å². The largest absolute Gasteiger partial charge is 0.444 e. The molecule has 27 heavy (non-hydrogen) atoms. The van der Waals surface area contributed by atoms with E-state index in [0.29, 0.717) is 57.9 Å². The number of halogens is 1. The highest BCUT2D eigenvalue weighted by molar-refractivity contribution is 9.09. The molecule has 1 amide bonds. The Morgan fingerprint density at radius 1 is 0.815 bits per heavy atom. The van der Waals surface area contributed by atoms with E-state index in [1.807, 2.05) is 0 Å². The monoisotopic (exact) mass is 455 g/mol. The maximum absolute atomic E-state index is 11.5. The van der Waals surface area contributed by atoms with E-state index in [-0.39, 0.29) is 0 Å². The van der Waals surface area contributed by atoms with Gasteiger partial charge in [0.05, 0.1) is 24.4 Å². The van der Waals surface area contributed by atoms with Crippen LogP contribution in [0.25, 0.3) is 0 Å². The van der Waals surface area contributed by atoms with E-state index in [1.165, 1.54) is 0 Å². The zero-order valence-corrected chi connectivity index (χ0v) is 18.4. The number of rotatable bonds is 14. The Bertz CT molecular complexity index is 391. The van der Waals surface area contributed by atoms with Gasteiger partial charge in [-0.3, -0.25) is 0 Å². The first-order valence-electron chi connectivity index (χ1n) is 9.78. The summed E-state index contributed by atoms with van der Waals surface area (Å²) in [4.78, 5) is 11.5. The molecule has 4 unspecified atom stereocenters. The number of amides is 1. The topological polar surface area (TPSA) is 119 Å². The van der Waals surface area contributed by atoms with Crippen molar-refractivity contribution >= 4 is 22.0 Å². The molecular formula is C19H38BrNO6. The summed E-state index contributed by atoms with van der Waals surface area (Å²) >= 11 is 3.27. The SMILES string of the molecule is CC(C)(C)OC(=O)NCCC(O)CCC(O)CCC(O)CCC(O)CCBr. The predicted molar refractivity (Wildman–Crippen MR) is 109 cm³/mol. The van der Waals surface area contributed by atoms with E-state index in [4.69, 9.17) is 4.74 Å². The fraction of sp³-hybridized carbons (Fsp3) is 0.947. The number of aliphatic hydroxyl groups is 4. The van der Waals surface area contributed by atoms with Crippen molar-refractivity contribution in [3.63, 3.8) is 0 Å². The lowest BCUT2D eigenvalue weighted by Gasteiger charge is -2.20. The molecule has 7 nitrogen and oxygen atoms in total. The van der Waals surface area contributed by atoms with Crippen molar-refractivity contribution in [3.8, 4) is 0 Å². The maximum Gasteiger partial charge on any atom is 0.407 e. The van der Waals surface area contributed by atoms with Crippen LogP contribution in [-0.4, -0.2) is 68.4 Å². The average molecular weight is 456 g/mol. The zero-order valence-electron chi connectivity index (χ0n) is 16.9. The van der Waals surface area contributed by atoms with Gasteiger partial charge in [-0.2, -0.15) is 0 Å². The standard InChI is InChI=1S/C19H38BrNO6/c1-19(2,3)27-18(26)21-13-11-17(25)9-7-15(23)5-4-14(22)6-8-16(24)10-12-20/h14-17,22-25H,4-13H2,1-3H3,(H,21,26). The molecular weight excluding hydrogens is 418 g/mol. The minimum atomic E-state index is -0.612. The van der Waals surface area contributed by atoms with Crippen molar-refractivity contribution in [2.45, 2.75) is 102 Å². The molecule has 162 valence electrons. The molecule has 0 aliphatic heterocycles. The minimum absolute atomic E-state index is 0.307. The summed E-state index contributed by atoms with van der Waals surface area (Å²) in [6.07, 6.45) is 1.26. The van der Waals surface area contributed by atoms with Gasteiger partial charge in [-0.15, -0.1) is 0 Å². The van der Waals surface area contributed by atoms with E-state index in [1.54, 1.807) is 20.8 Å². The third kappa shape index (κ3) is 17.4. The Labute approximate surface area is 171 Å². The molecule has 0 spiro atoms. The van der Waals surface area contributed by atoms with Crippen LogP contribution in [0.3, 0.4) is 0 Å². The fourth-order valence-electron chi connectivity index (χ4n) is 2.51. The van der Waals surface area contributed by atoms with E-state index in [2.05, 4.69) is 21.2 Å². The van der Waals surface area contributed by atoms with Crippen molar-refractivity contribution in [2.75, 3.05) is 11.9 Å². The molecule has 5 N–H and O–H groups in total. The van der Waals surface area contributed by atoms with Crippen LogP contribution in [0.4, 0.5) is 4.79 Å². The van der Waals surface area contributed by atoms with Crippen molar-refractivity contribution in [1.29, 1.82) is 0 Å². The third-order valence-electron chi connectivity index (χ3n) is 4.09. The summed E-state index contributed by atoms with van der Waals surface area (Å²) in [6, 6.07) is 0.